The number of carbonyl (C=O) groups excluding carboxylic acids is 1. The standard InChI is InChI=1S/C15H30O4.C2H4O/c1-2-3-4-5-6-7-8-9-10-11-15(18)19-13-14(17)12-16;1-2-3-1/h14,16-17H,2-13H2,1H3;1-2H2. The predicted molar refractivity (Wildman–Crippen MR) is 86.7 cm³/mol. The highest BCUT2D eigenvalue weighted by atomic mass is 16.6. The van der Waals surface area contributed by atoms with Gasteiger partial charge in [-0.3, -0.25) is 4.79 Å². The summed E-state index contributed by atoms with van der Waals surface area (Å²) in [6.07, 6.45) is 10.4. The number of aliphatic hydroxyl groups is 2. The third kappa shape index (κ3) is 19.4. The molecule has 1 atom stereocenters. The zero-order chi connectivity index (χ0) is 16.5. The number of epoxide rings is 1. The monoisotopic (exact) mass is 318 g/mol. The van der Waals surface area contributed by atoms with Crippen LogP contribution in [0.15, 0.2) is 0 Å². The minimum absolute atomic E-state index is 0.104. The number of aliphatic hydroxyl groups excluding tert-OH is 2. The van der Waals surface area contributed by atoms with E-state index in [1.54, 1.807) is 0 Å². The van der Waals surface area contributed by atoms with E-state index >= 15 is 0 Å². The number of unbranched alkanes of at least 4 members (excludes halogenated alkanes) is 8. The van der Waals surface area contributed by atoms with Crippen LogP contribution >= 0.6 is 0 Å². The second-order valence-corrected chi connectivity index (χ2v) is 5.71. The summed E-state index contributed by atoms with van der Waals surface area (Å²) >= 11 is 0. The van der Waals surface area contributed by atoms with Crippen molar-refractivity contribution in [1.82, 2.24) is 0 Å². The van der Waals surface area contributed by atoms with Crippen molar-refractivity contribution in [2.24, 2.45) is 0 Å². The highest BCUT2D eigenvalue weighted by Gasteiger charge is 2.07. The van der Waals surface area contributed by atoms with Gasteiger partial charge in [-0.2, -0.15) is 0 Å². The molecule has 5 nitrogen and oxygen atoms in total. The molecule has 1 unspecified atom stereocenters. The molecular weight excluding hydrogens is 284 g/mol. The third-order valence-electron chi connectivity index (χ3n) is 3.34. The Balaban J connectivity index is 0.00000129. The minimum Gasteiger partial charge on any atom is -0.463 e. The molecule has 1 aliphatic rings. The third-order valence-corrected chi connectivity index (χ3v) is 3.34. The topological polar surface area (TPSA) is 79.3 Å². The van der Waals surface area contributed by atoms with Crippen LogP contribution in [0.2, 0.25) is 0 Å². The molecule has 0 spiro atoms. The summed E-state index contributed by atoms with van der Waals surface area (Å²) in [7, 11) is 0. The number of carbonyl (C=O) groups is 1. The van der Waals surface area contributed by atoms with Gasteiger partial charge in [0.15, 0.2) is 0 Å². The van der Waals surface area contributed by atoms with Crippen molar-refractivity contribution in [2.75, 3.05) is 26.4 Å². The summed E-state index contributed by atoms with van der Waals surface area (Å²) in [5.41, 5.74) is 0. The molecule has 0 aliphatic carbocycles. The summed E-state index contributed by atoms with van der Waals surface area (Å²) in [6, 6.07) is 0. The van der Waals surface area contributed by atoms with Crippen LogP contribution < -0.4 is 0 Å². The molecule has 1 saturated heterocycles. The van der Waals surface area contributed by atoms with Gasteiger partial charge < -0.3 is 19.7 Å². The molecule has 0 bridgehead atoms. The Morgan fingerprint density at radius 3 is 2.00 bits per heavy atom. The molecule has 0 aromatic rings. The van der Waals surface area contributed by atoms with Crippen LogP contribution in [0.25, 0.3) is 0 Å². The average Bonchev–Trinajstić information content (AvgIpc) is 3.39. The predicted octanol–water partition coefficient (Wildman–Crippen LogP) is 2.82. The number of hydrogen-bond acceptors (Lipinski definition) is 5. The van der Waals surface area contributed by atoms with Gasteiger partial charge in [-0.25, -0.2) is 0 Å². The molecule has 0 aromatic heterocycles. The summed E-state index contributed by atoms with van der Waals surface area (Å²) in [5, 5.41) is 17.6. The molecule has 0 aromatic carbocycles. The maximum absolute atomic E-state index is 11.3. The fraction of sp³-hybridized carbons (Fsp3) is 0.941. The van der Waals surface area contributed by atoms with Gasteiger partial charge in [-0.05, 0) is 6.42 Å². The maximum Gasteiger partial charge on any atom is 0.305 e. The van der Waals surface area contributed by atoms with E-state index in [1.807, 2.05) is 0 Å². The van der Waals surface area contributed by atoms with Crippen LogP contribution in [0.1, 0.15) is 71.1 Å². The quantitative estimate of drug-likeness (QED) is 0.310. The molecule has 1 rings (SSSR count). The van der Waals surface area contributed by atoms with E-state index in [4.69, 9.17) is 14.9 Å². The van der Waals surface area contributed by atoms with Crippen LogP contribution in [0.4, 0.5) is 0 Å². The zero-order valence-corrected chi connectivity index (χ0v) is 14.1. The molecule has 132 valence electrons. The molecule has 0 saturated carbocycles. The lowest BCUT2D eigenvalue weighted by atomic mass is 10.1. The Morgan fingerprint density at radius 1 is 1.05 bits per heavy atom. The summed E-state index contributed by atoms with van der Waals surface area (Å²) in [6.45, 7) is 3.75. The second kappa shape index (κ2) is 16.7. The van der Waals surface area contributed by atoms with Gasteiger partial charge in [0, 0.05) is 6.42 Å². The molecule has 1 heterocycles. The first kappa shape index (κ1) is 21.4. The van der Waals surface area contributed by atoms with E-state index in [0.717, 1.165) is 26.1 Å². The first-order chi connectivity index (χ1) is 10.7. The zero-order valence-electron chi connectivity index (χ0n) is 14.1. The highest BCUT2D eigenvalue weighted by Crippen LogP contribution is 2.10. The van der Waals surface area contributed by atoms with Crippen LogP contribution in [0.3, 0.4) is 0 Å². The molecule has 0 amide bonds. The van der Waals surface area contributed by atoms with Crippen molar-refractivity contribution in [3.63, 3.8) is 0 Å². The minimum atomic E-state index is -0.952. The molecular formula is C17H34O5. The molecule has 1 fully saturated rings. The van der Waals surface area contributed by atoms with Crippen molar-refractivity contribution in [3.05, 3.63) is 0 Å². The van der Waals surface area contributed by atoms with Gasteiger partial charge in [0.1, 0.15) is 12.7 Å². The van der Waals surface area contributed by atoms with Crippen molar-refractivity contribution in [1.29, 1.82) is 0 Å². The summed E-state index contributed by atoms with van der Waals surface area (Å²) in [5.74, 6) is -0.282. The largest absolute Gasteiger partial charge is 0.463 e. The van der Waals surface area contributed by atoms with E-state index in [1.165, 1.54) is 44.9 Å². The van der Waals surface area contributed by atoms with Crippen molar-refractivity contribution < 1.29 is 24.5 Å². The smallest absolute Gasteiger partial charge is 0.305 e. The van der Waals surface area contributed by atoms with E-state index in [2.05, 4.69) is 11.7 Å². The van der Waals surface area contributed by atoms with Crippen molar-refractivity contribution in [3.8, 4) is 0 Å². The van der Waals surface area contributed by atoms with Gasteiger partial charge in [0.2, 0.25) is 0 Å². The second-order valence-electron chi connectivity index (χ2n) is 5.71. The van der Waals surface area contributed by atoms with Crippen LogP contribution in [0.5, 0.6) is 0 Å². The van der Waals surface area contributed by atoms with Crippen LogP contribution in [-0.2, 0) is 14.3 Å². The van der Waals surface area contributed by atoms with E-state index in [9.17, 15) is 4.79 Å². The van der Waals surface area contributed by atoms with E-state index in [-0.39, 0.29) is 19.2 Å². The van der Waals surface area contributed by atoms with Gasteiger partial charge in [0.05, 0.1) is 19.8 Å². The number of ether oxygens (including phenoxy) is 2. The lowest BCUT2D eigenvalue weighted by Gasteiger charge is -2.08. The van der Waals surface area contributed by atoms with Crippen LogP contribution in [-0.4, -0.2) is 48.7 Å². The molecule has 2 N–H and O–H groups in total. The molecule has 22 heavy (non-hydrogen) atoms. The SMILES string of the molecule is C1CO1.CCCCCCCCCCCC(=O)OCC(O)CO. The average molecular weight is 318 g/mol. The number of esters is 1. The Kier molecular flexibility index (Phi) is 16.2. The van der Waals surface area contributed by atoms with Gasteiger partial charge in [-0.15, -0.1) is 0 Å². The molecule has 0 radical (unpaired) electrons. The van der Waals surface area contributed by atoms with Gasteiger partial charge in [0.25, 0.3) is 0 Å². The number of rotatable bonds is 13. The lowest BCUT2D eigenvalue weighted by molar-refractivity contribution is -0.147. The summed E-state index contributed by atoms with van der Waals surface area (Å²) in [4.78, 5) is 11.3. The fourth-order valence-electron chi connectivity index (χ4n) is 1.89. The highest BCUT2D eigenvalue weighted by molar-refractivity contribution is 5.69. The lowest BCUT2D eigenvalue weighted by Crippen LogP contribution is -2.21. The normalized spacial score (nSPS) is 14.0. The Hall–Kier alpha value is -0.650. The summed E-state index contributed by atoms with van der Waals surface area (Å²) < 4.78 is 9.32. The van der Waals surface area contributed by atoms with Crippen molar-refractivity contribution in [2.45, 2.75) is 77.2 Å². The fourth-order valence-corrected chi connectivity index (χ4v) is 1.89. The first-order valence-corrected chi connectivity index (χ1v) is 8.73. The molecule has 5 heteroatoms. The first-order valence-electron chi connectivity index (χ1n) is 8.73. The Labute approximate surface area is 135 Å². The number of hydrogen-bond donors (Lipinski definition) is 2. The van der Waals surface area contributed by atoms with Gasteiger partial charge >= 0.3 is 5.97 Å². The maximum atomic E-state index is 11.3. The van der Waals surface area contributed by atoms with E-state index in [0.29, 0.717) is 6.42 Å². The van der Waals surface area contributed by atoms with Gasteiger partial charge in [-0.1, -0.05) is 58.3 Å². The van der Waals surface area contributed by atoms with Crippen molar-refractivity contribution >= 4 is 5.97 Å². The van der Waals surface area contributed by atoms with Crippen LogP contribution in [0, 0.1) is 0 Å². The molecule has 1 aliphatic heterocycles. The Morgan fingerprint density at radius 2 is 1.55 bits per heavy atom. The van der Waals surface area contributed by atoms with E-state index < -0.39 is 6.10 Å². The Bertz CT molecular complexity index is 240.